The highest BCUT2D eigenvalue weighted by Crippen LogP contribution is 2.19. The summed E-state index contributed by atoms with van der Waals surface area (Å²) in [6.45, 7) is 2.77. The number of thiophene rings is 1. The summed E-state index contributed by atoms with van der Waals surface area (Å²) in [6, 6.07) is 14.4. The summed E-state index contributed by atoms with van der Waals surface area (Å²) in [7, 11) is 1.59. The molecule has 0 aliphatic carbocycles. The molecule has 1 fully saturated rings. The SMILES string of the molecule is COc1ccc(C(=O)Nc2ccc(N3CCN(C(=O)c4cccs4)CC3)nc2)cc1. The molecular weight excluding hydrogens is 400 g/mol. The smallest absolute Gasteiger partial charge is 0.264 e. The lowest BCUT2D eigenvalue weighted by Crippen LogP contribution is -2.48. The molecule has 0 bridgehead atoms. The van der Waals surface area contributed by atoms with Gasteiger partial charge in [-0.25, -0.2) is 4.98 Å². The molecule has 8 heteroatoms. The van der Waals surface area contributed by atoms with Gasteiger partial charge in [0.2, 0.25) is 0 Å². The molecule has 154 valence electrons. The number of carbonyl (C=O) groups excluding carboxylic acids is 2. The molecule has 1 N–H and O–H groups in total. The molecule has 0 saturated carbocycles. The normalized spacial score (nSPS) is 13.8. The van der Waals surface area contributed by atoms with Crippen molar-refractivity contribution < 1.29 is 14.3 Å². The molecule has 0 spiro atoms. The van der Waals surface area contributed by atoms with Gasteiger partial charge in [-0.15, -0.1) is 11.3 Å². The van der Waals surface area contributed by atoms with Crippen LogP contribution in [0.1, 0.15) is 20.0 Å². The summed E-state index contributed by atoms with van der Waals surface area (Å²) in [6.07, 6.45) is 1.65. The van der Waals surface area contributed by atoms with E-state index in [2.05, 4.69) is 15.2 Å². The Morgan fingerprint density at radius 3 is 2.40 bits per heavy atom. The number of pyridine rings is 1. The molecule has 7 nitrogen and oxygen atoms in total. The summed E-state index contributed by atoms with van der Waals surface area (Å²) in [5.41, 5.74) is 1.18. The number of nitrogens with one attached hydrogen (secondary N) is 1. The fourth-order valence-electron chi connectivity index (χ4n) is 3.29. The van der Waals surface area contributed by atoms with Crippen molar-refractivity contribution in [1.29, 1.82) is 0 Å². The molecule has 1 saturated heterocycles. The van der Waals surface area contributed by atoms with Gasteiger partial charge in [-0.3, -0.25) is 9.59 Å². The number of hydrogen-bond acceptors (Lipinski definition) is 6. The third-order valence-electron chi connectivity index (χ3n) is 4.98. The Labute approximate surface area is 178 Å². The minimum absolute atomic E-state index is 0.0919. The van der Waals surface area contributed by atoms with Crippen LogP contribution >= 0.6 is 11.3 Å². The first-order valence-electron chi connectivity index (χ1n) is 9.63. The summed E-state index contributed by atoms with van der Waals surface area (Å²) < 4.78 is 5.11. The van der Waals surface area contributed by atoms with Crippen LogP contribution in [0.3, 0.4) is 0 Å². The lowest BCUT2D eigenvalue weighted by Gasteiger charge is -2.35. The second-order valence-electron chi connectivity index (χ2n) is 6.84. The van der Waals surface area contributed by atoms with E-state index in [0.717, 1.165) is 23.8 Å². The number of anilines is 2. The largest absolute Gasteiger partial charge is 0.497 e. The average molecular weight is 423 g/mol. The minimum Gasteiger partial charge on any atom is -0.497 e. The van der Waals surface area contributed by atoms with E-state index >= 15 is 0 Å². The van der Waals surface area contributed by atoms with Crippen molar-refractivity contribution in [1.82, 2.24) is 9.88 Å². The van der Waals surface area contributed by atoms with E-state index < -0.39 is 0 Å². The lowest BCUT2D eigenvalue weighted by molar-refractivity contribution is 0.0751. The molecule has 3 heterocycles. The van der Waals surface area contributed by atoms with Gasteiger partial charge in [0, 0.05) is 31.7 Å². The van der Waals surface area contributed by atoms with E-state index in [1.165, 1.54) is 11.3 Å². The quantitative estimate of drug-likeness (QED) is 0.682. The molecule has 2 amide bonds. The fourth-order valence-corrected chi connectivity index (χ4v) is 3.98. The molecule has 0 radical (unpaired) electrons. The maximum absolute atomic E-state index is 12.5. The van der Waals surface area contributed by atoms with Gasteiger partial charge in [-0.2, -0.15) is 0 Å². The Hall–Kier alpha value is -3.39. The molecule has 1 aromatic carbocycles. The summed E-state index contributed by atoms with van der Waals surface area (Å²) >= 11 is 1.47. The highest BCUT2D eigenvalue weighted by atomic mass is 32.1. The number of piperazine rings is 1. The second kappa shape index (κ2) is 8.96. The maximum Gasteiger partial charge on any atom is 0.264 e. The standard InChI is InChI=1S/C22H22N4O3S/c1-29-18-7-4-16(5-8-18)21(27)24-17-6-9-20(23-15-17)25-10-12-26(13-11-25)22(28)19-3-2-14-30-19/h2-9,14-15H,10-13H2,1H3,(H,24,27). The van der Waals surface area contributed by atoms with Crippen molar-refractivity contribution in [2.75, 3.05) is 43.5 Å². The Balaban J connectivity index is 1.32. The third kappa shape index (κ3) is 4.44. The van der Waals surface area contributed by atoms with Crippen LogP contribution < -0.4 is 15.0 Å². The van der Waals surface area contributed by atoms with Crippen LogP contribution in [0.5, 0.6) is 5.75 Å². The predicted octanol–water partition coefficient (Wildman–Crippen LogP) is 3.37. The number of carbonyl (C=O) groups is 2. The fraction of sp³-hybridized carbons (Fsp3) is 0.227. The third-order valence-corrected chi connectivity index (χ3v) is 5.84. The van der Waals surface area contributed by atoms with Gasteiger partial charge in [0.05, 0.1) is 23.9 Å². The summed E-state index contributed by atoms with van der Waals surface area (Å²) in [5.74, 6) is 1.43. The van der Waals surface area contributed by atoms with Crippen molar-refractivity contribution in [2.45, 2.75) is 0 Å². The number of benzene rings is 1. The second-order valence-corrected chi connectivity index (χ2v) is 7.79. The zero-order valence-electron chi connectivity index (χ0n) is 16.6. The Kier molecular flexibility index (Phi) is 5.94. The monoisotopic (exact) mass is 422 g/mol. The maximum atomic E-state index is 12.5. The molecule has 0 atom stereocenters. The number of nitrogens with zero attached hydrogens (tertiary/aromatic N) is 3. The van der Waals surface area contributed by atoms with Gasteiger partial charge in [0.1, 0.15) is 11.6 Å². The Bertz CT molecular complexity index is 996. The van der Waals surface area contributed by atoms with Gasteiger partial charge < -0.3 is 19.9 Å². The van der Waals surface area contributed by atoms with Crippen LogP contribution in [0.25, 0.3) is 0 Å². The predicted molar refractivity (Wildman–Crippen MR) is 118 cm³/mol. The van der Waals surface area contributed by atoms with Crippen LogP contribution in [0.4, 0.5) is 11.5 Å². The number of ether oxygens (including phenoxy) is 1. The van der Waals surface area contributed by atoms with Crippen molar-refractivity contribution in [2.24, 2.45) is 0 Å². The molecule has 2 aromatic heterocycles. The van der Waals surface area contributed by atoms with E-state index in [1.807, 2.05) is 34.5 Å². The lowest BCUT2D eigenvalue weighted by atomic mass is 10.2. The summed E-state index contributed by atoms with van der Waals surface area (Å²) in [4.78, 5) is 34.1. The number of hydrogen-bond donors (Lipinski definition) is 1. The zero-order valence-corrected chi connectivity index (χ0v) is 17.4. The van der Waals surface area contributed by atoms with Crippen LogP contribution in [0, 0.1) is 0 Å². The molecular formula is C22H22N4O3S. The number of amides is 2. The van der Waals surface area contributed by atoms with Gasteiger partial charge in [-0.05, 0) is 47.8 Å². The van der Waals surface area contributed by atoms with Crippen LogP contribution in [0.15, 0.2) is 60.1 Å². The van der Waals surface area contributed by atoms with Gasteiger partial charge in [0.25, 0.3) is 11.8 Å². The number of aromatic nitrogens is 1. The minimum atomic E-state index is -0.201. The van der Waals surface area contributed by atoms with E-state index in [9.17, 15) is 9.59 Å². The van der Waals surface area contributed by atoms with Crippen molar-refractivity contribution in [3.05, 3.63) is 70.5 Å². The molecule has 4 rings (SSSR count). The van der Waals surface area contributed by atoms with Crippen molar-refractivity contribution in [3.63, 3.8) is 0 Å². The van der Waals surface area contributed by atoms with Crippen molar-refractivity contribution >= 4 is 34.7 Å². The Morgan fingerprint density at radius 2 is 1.80 bits per heavy atom. The first-order valence-corrected chi connectivity index (χ1v) is 10.5. The number of methoxy groups -OCH3 is 1. The molecule has 1 aliphatic rings. The van der Waals surface area contributed by atoms with Gasteiger partial charge in [-0.1, -0.05) is 6.07 Å². The molecule has 3 aromatic rings. The molecule has 30 heavy (non-hydrogen) atoms. The van der Waals surface area contributed by atoms with E-state index in [4.69, 9.17) is 4.74 Å². The topological polar surface area (TPSA) is 74.8 Å². The van der Waals surface area contributed by atoms with Crippen molar-refractivity contribution in [3.8, 4) is 5.75 Å². The summed E-state index contributed by atoms with van der Waals surface area (Å²) in [5, 5.41) is 4.77. The first-order chi connectivity index (χ1) is 14.6. The Morgan fingerprint density at radius 1 is 1.03 bits per heavy atom. The molecule has 0 unspecified atom stereocenters. The van der Waals surface area contributed by atoms with Crippen LogP contribution in [-0.4, -0.2) is 55.0 Å². The van der Waals surface area contributed by atoms with Gasteiger partial charge >= 0.3 is 0 Å². The van der Waals surface area contributed by atoms with Gasteiger partial charge in [0.15, 0.2) is 0 Å². The van der Waals surface area contributed by atoms with Crippen LogP contribution in [-0.2, 0) is 0 Å². The van der Waals surface area contributed by atoms with E-state index in [0.29, 0.717) is 30.1 Å². The van der Waals surface area contributed by atoms with E-state index in [-0.39, 0.29) is 11.8 Å². The highest BCUT2D eigenvalue weighted by Gasteiger charge is 2.23. The van der Waals surface area contributed by atoms with Crippen LogP contribution in [0.2, 0.25) is 0 Å². The first kappa shape index (κ1) is 19.9. The molecule has 1 aliphatic heterocycles. The highest BCUT2D eigenvalue weighted by molar-refractivity contribution is 7.12. The zero-order chi connectivity index (χ0) is 20.9. The average Bonchev–Trinajstić information content (AvgIpc) is 3.34. The van der Waals surface area contributed by atoms with E-state index in [1.54, 1.807) is 37.6 Å². The number of rotatable bonds is 5.